The second-order valence-corrected chi connectivity index (χ2v) is 8.00. The number of methoxy groups -OCH3 is 2. The number of anilines is 1. The molecular formula is C24H25N3O3. The van der Waals surface area contributed by atoms with Crippen LogP contribution in [0.3, 0.4) is 0 Å². The second kappa shape index (κ2) is 7.52. The average Bonchev–Trinajstić information content (AvgIpc) is 3.25. The maximum atomic E-state index is 5.55. The fourth-order valence-electron chi connectivity index (χ4n) is 4.30. The van der Waals surface area contributed by atoms with Gasteiger partial charge in [-0.05, 0) is 47.7 Å². The maximum Gasteiger partial charge on any atom is 0.225 e. The number of hydrogen-bond acceptors (Lipinski definition) is 6. The Kier molecular flexibility index (Phi) is 4.69. The van der Waals surface area contributed by atoms with Crippen molar-refractivity contribution in [2.75, 3.05) is 32.2 Å². The van der Waals surface area contributed by atoms with Crippen molar-refractivity contribution >= 4 is 27.5 Å². The maximum absolute atomic E-state index is 5.55. The van der Waals surface area contributed by atoms with E-state index in [1.54, 1.807) is 26.7 Å². The normalized spacial score (nSPS) is 15.1. The standard InChI is InChI=1S/C24H25N3O3/c1-15-4-6-27(7-5-15)24-25-11-18(12-26-24)23-19-10-22(29-3)21(28-2)9-16(19)8-17-13-30-14-20(17)23/h8-15H,4-7H2,1-3H3. The van der Waals surface area contributed by atoms with Crippen LogP contribution in [0.5, 0.6) is 11.5 Å². The molecule has 0 bridgehead atoms. The molecule has 0 saturated carbocycles. The van der Waals surface area contributed by atoms with Crippen molar-refractivity contribution in [2.45, 2.75) is 19.8 Å². The smallest absolute Gasteiger partial charge is 0.225 e. The van der Waals surface area contributed by atoms with E-state index >= 15 is 0 Å². The lowest BCUT2D eigenvalue weighted by Gasteiger charge is -2.30. The molecule has 0 unspecified atom stereocenters. The Hall–Kier alpha value is -3.28. The fraction of sp³-hybridized carbons (Fsp3) is 0.333. The molecule has 1 fully saturated rings. The van der Waals surface area contributed by atoms with Crippen LogP contribution in [0.2, 0.25) is 0 Å². The summed E-state index contributed by atoms with van der Waals surface area (Å²) in [7, 11) is 3.30. The van der Waals surface area contributed by atoms with Gasteiger partial charge >= 0.3 is 0 Å². The van der Waals surface area contributed by atoms with Gasteiger partial charge in [0.2, 0.25) is 5.95 Å². The lowest BCUT2D eigenvalue weighted by Crippen LogP contribution is -2.33. The minimum absolute atomic E-state index is 0.689. The van der Waals surface area contributed by atoms with Gasteiger partial charge in [-0.25, -0.2) is 9.97 Å². The number of nitrogens with zero attached hydrogens (tertiary/aromatic N) is 3. The molecule has 0 amide bonds. The van der Waals surface area contributed by atoms with Gasteiger partial charge in [0.05, 0.1) is 26.7 Å². The van der Waals surface area contributed by atoms with Crippen LogP contribution in [0, 0.1) is 5.92 Å². The molecule has 30 heavy (non-hydrogen) atoms. The van der Waals surface area contributed by atoms with E-state index in [2.05, 4.69) is 17.9 Å². The summed E-state index contributed by atoms with van der Waals surface area (Å²) in [5.41, 5.74) is 1.99. The second-order valence-electron chi connectivity index (χ2n) is 8.00. The van der Waals surface area contributed by atoms with Crippen molar-refractivity contribution < 1.29 is 13.9 Å². The first-order chi connectivity index (χ1) is 14.7. The van der Waals surface area contributed by atoms with E-state index in [0.717, 1.165) is 57.6 Å². The lowest BCUT2D eigenvalue weighted by atomic mass is 9.95. The monoisotopic (exact) mass is 403 g/mol. The predicted octanol–water partition coefficient (Wildman–Crippen LogP) is 5.30. The van der Waals surface area contributed by atoms with Crippen molar-refractivity contribution in [3.8, 4) is 22.6 Å². The number of benzene rings is 2. The summed E-state index contributed by atoms with van der Waals surface area (Å²) in [5, 5.41) is 4.15. The highest BCUT2D eigenvalue weighted by molar-refractivity contribution is 6.12. The van der Waals surface area contributed by atoms with Gasteiger partial charge in [0.1, 0.15) is 0 Å². The van der Waals surface area contributed by atoms with E-state index in [9.17, 15) is 0 Å². The van der Waals surface area contributed by atoms with Crippen molar-refractivity contribution in [2.24, 2.45) is 5.92 Å². The Balaban J connectivity index is 1.64. The van der Waals surface area contributed by atoms with Gasteiger partial charge in [0, 0.05) is 47.4 Å². The van der Waals surface area contributed by atoms with Gasteiger partial charge in [0.15, 0.2) is 11.5 Å². The number of hydrogen-bond donors (Lipinski definition) is 0. The fourth-order valence-corrected chi connectivity index (χ4v) is 4.30. The van der Waals surface area contributed by atoms with Gasteiger partial charge < -0.3 is 18.8 Å². The molecule has 0 aliphatic carbocycles. The number of aromatic nitrogens is 2. The van der Waals surface area contributed by atoms with Crippen molar-refractivity contribution in [1.29, 1.82) is 0 Å². The minimum atomic E-state index is 0.689. The SMILES string of the molecule is COc1cc2cc3cocc3c(-c3cnc(N4CCC(C)CC4)nc3)c2cc1OC. The Morgan fingerprint density at radius 3 is 2.30 bits per heavy atom. The summed E-state index contributed by atoms with van der Waals surface area (Å²) in [4.78, 5) is 11.7. The summed E-state index contributed by atoms with van der Waals surface area (Å²) in [6, 6.07) is 6.11. The molecular weight excluding hydrogens is 378 g/mol. The molecule has 1 aliphatic heterocycles. The van der Waals surface area contributed by atoms with Crippen LogP contribution in [-0.2, 0) is 0 Å². The summed E-state index contributed by atoms with van der Waals surface area (Å²) in [6.07, 6.45) is 9.74. The zero-order valence-electron chi connectivity index (χ0n) is 17.5. The Morgan fingerprint density at radius 2 is 1.60 bits per heavy atom. The van der Waals surface area contributed by atoms with E-state index in [-0.39, 0.29) is 0 Å². The lowest BCUT2D eigenvalue weighted by molar-refractivity contribution is 0.356. The average molecular weight is 403 g/mol. The van der Waals surface area contributed by atoms with E-state index in [1.165, 1.54) is 12.8 Å². The molecule has 0 radical (unpaired) electrons. The minimum Gasteiger partial charge on any atom is -0.493 e. The van der Waals surface area contributed by atoms with Crippen molar-refractivity contribution in [3.05, 3.63) is 43.1 Å². The zero-order chi connectivity index (χ0) is 20.7. The van der Waals surface area contributed by atoms with Gasteiger partial charge in [-0.3, -0.25) is 0 Å². The first kappa shape index (κ1) is 18.7. The highest BCUT2D eigenvalue weighted by atomic mass is 16.5. The highest BCUT2D eigenvalue weighted by Crippen LogP contribution is 2.41. The summed E-state index contributed by atoms with van der Waals surface area (Å²) >= 11 is 0. The van der Waals surface area contributed by atoms with E-state index in [1.807, 2.05) is 24.5 Å². The number of piperidine rings is 1. The molecule has 0 atom stereocenters. The van der Waals surface area contributed by atoms with E-state index in [4.69, 9.17) is 23.9 Å². The Bertz CT molecular complexity index is 1190. The van der Waals surface area contributed by atoms with Crippen LogP contribution in [-0.4, -0.2) is 37.3 Å². The van der Waals surface area contributed by atoms with Gasteiger partial charge in [-0.2, -0.15) is 0 Å². The first-order valence-electron chi connectivity index (χ1n) is 10.3. The molecule has 5 rings (SSSR count). The Labute approximate surface area is 175 Å². The number of ether oxygens (including phenoxy) is 2. The molecule has 3 heterocycles. The number of rotatable bonds is 4. The third-order valence-electron chi connectivity index (χ3n) is 6.09. The molecule has 6 nitrogen and oxygen atoms in total. The number of furan rings is 1. The van der Waals surface area contributed by atoms with E-state index < -0.39 is 0 Å². The van der Waals surface area contributed by atoms with Crippen LogP contribution < -0.4 is 14.4 Å². The van der Waals surface area contributed by atoms with Gasteiger partial charge in [0.25, 0.3) is 0 Å². The quantitative estimate of drug-likeness (QED) is 0.461. The molecule has 4 aromatic rings. The third-order valence-corrected chi connectivity index (χ3v) is 6.09. The summed E-state index contributed by atoms with van der Waals surface area (Å²) in [6.45, 7) is 4.33. The van der Waals surface area contributed by atoms with Gasteiger partial charge in [-0.1, -0.05) is 6.92 Å². The molecule has 154 valence electrons. The molecule has 2 aromatic heterocycles. The van der Waals surface area contributed by atoms with Crippen LogP contribution >= 0.6 is 0 Å². The zero-order valence-corrected chi connectivity index (χ0v) is 17.5. The van der Waals surface area contributed by atoms with Crippen LogP contribution in [0.1, 0.15) is 19.8 Å². The van der Waals surface area contributed by atoms with Crippen LogP contribution in [0.4, 0.5) is 5.95 Å². The summed E-state index contributed by atoms with van der Waals surface area (Å²) < 4.78 is 16.6. The molecule has 6 heteroatoms. The topological polar surface area (TPSA) is 60.6 Å². The molecule has 2 aromatic carbocycles. The Morgan fingerprint density at radius 1 is 0.900 bits per heavy atom. The van der Waals surface area contributed by atoms with Crippen molar-refractivity contribution in [3.63, 3.8) is 0 Å². The summed E-state index contributed by atoms with van der Waals surface area (Å²) in [5.74, 6) is 2.96. The van der Waals surface area contributed by atoms with Crippen molar-refractivity contribution in [1.82, 2.24) is 9.97 Å². The molecule has 0 spiro atoms. The third kappa shape index (κ3) is 3.12. The molecule has 1 saturated heterocycles. The first-order valence-corrected chi connectivity index (χ1v) is 10.3. The molecule has 1 aliphatic rings. The molecule has 0 N–H and O–H groups in total. The predicted molar refractivity (Wildman–Crippen MR) is 118 cm³/mol. The van der Waals surface area contributed by atoms with Crippen LogP contribution in [0.15, 0.2) is 47.5 Å². The largest absolute Gasteiger partial charge is 0.493 e. The van der Waals surface area contributed by atoms with Crippen LogP contribution in [0.25, 0.3) is 32.7 Å². The highest BCUT2D eigenvalue weighted by Gasteiger charge is 2.19. The van der Waals surface area contributed by atoms with E-state index in [0.29, 0.717) is 11.5 Å². The number of fused-ring (bicyclic) bond motifs is 2. The van der Waals surface area contributed by atoms with Gasteiger partial charge in [-0.15, -0.1) is 0 Å².